The van der Waals surface area contributed by atoms with Crippen LogP contribution >= 0.6 is 0 Å². The number of aryl methyl sites for hydroxylation is 2. The minimum atomic E-state index is -0.196. The van der Waals surface area contributed by atoms with Gasteiger partial charge in [-0.1, -0.05) is 29.8 Å². The highest BCUT2D eigenvalue weighted by atomic mass is 16.5. The molecule has 0 spiro atoms. The molecule has 0 saturated heterocycles. The minimum absolute atomic E-state index is 0.196. The summed E-state index contributed by atoms with van der Waals surface area (Å²) in [5, 5.41) is 4.56. The van der Waals surface area contributed by atoms with Gasteiger partial charge in [0.2, 0.25) is 0 Å². The predicted molar refractivity (Wildman–Crippen MR) is 82.3 cm³/mol. The molecule has 2 rings (SSSR count). The smallest absolute Gasteiger partial charge is 0.310 e. The van der Waals surface area contributed by atoms with Crippen molar-refractivity contribution in [2.24, 2.45) is 0 Å². The first-order valence-electron chi connectivity index (χ1n) is 7.25. The van der Waals surface area contributed by atoms with Crippen molar-refractivity contribution >= 4 is 5.97 Å². The Morgan fingerprint density at radius 1 is 1.29 bits per heavy atom. The first kappa shape index (κ1) is 15.3. The number of ether oxygens (including phenoxy) is 1. The summed E-state index contributed by atoms with van der Waals surface area (Å²) in [7, 11) is 0. The quantitative estimate of drug-likeness (QED) is 0.794. The van der Waals surface area contributed by atoms with Crippen molar-refractivity contribution in [3.05, 3.63) is 52.3 Å². The molecule has 4 nitrogen and oxygen atoms in total. The summed E-state index contributed by atoms with van der Waals surface area (Å²) < 4.78 is 6.98. The number of nitrogens with zero attached hydrogens (tertiary/aromatic N) is 2. The molecular weight excluding hydrogens is 264 g/mol. The van der Waals surface area contributed by atoms with Gasteiger partial charge in [0, 0.05) is 11.3 Å². The summed E-state index contributed by atoms with van der Waals surface area (Å²) in [5.41, 5.74) is 5.35. The Morgan fingerprint density at radius 2 is 2.05 bits per heavy atom. The third-order valence-electron chi connectivity index (χ3n) is 3.57. The van der Waals surface area contributed by atoms with E-state index in [-0.39, 0.29) is 5.97 Å². The van der Waals surface area contributed by atoms with Gasteiger partial charge in [-0.2, -0.15) is 5.10 Å². The van der Waals surface area contributed by atoms with Crippen molar-refractivity contribution in [1.29, 1.82) is 0 Å². The maximum absolute atomic E-state index is 11.7. The number of esters is 1. The number of aromatic nitrogens is 2. The van der Waals surface area contributed by atoms with Crippen molar-refractivity contribution in [1.82, 2.24) is 9.78 Å². The van der Waals surface area contributed by atoms with E-state index in [0.29, 0.717) is 13.0 Å². The lowest BCUT2D eigenvalue weighted by molar-refractivity contribution is -0.142. The van der Waals surface area contributed by atoms with Crippen LogP contribution in [-0.2, 0) is 22.5 Å². The van der Waals surface area contributed by atoms with E-state index in [9.17, 15) is 4.79 Å². The number of benzene rings is 1. The molecule has 0 unspecified atom stereocenters. The molecule has 0 bridgehead atoms. The van der Waals surface area contributed by atoms with E-state index in [1.807, 2.05) is 25.5 Å². The third kappa shape index (κ3) is 3.72. The molecule has 1 aromatic carbocycles. The summed E-state index contributed by atoms with van der Waals surface area (Å²) in [6.45, 7) is 8.97. The first-order chi connectivity index (χ1) is 10.0. The van der Waals surface area contributed by atoms with Crippen LogP contribution < -0.4 is 0 Å². The van der Waals surface area contributed by atoms with E-state index in [4.69, 9.17) is 4.74 Å². The predicted octanol–water partition coefficient (Wildman–Crippen LogP) is 2.96. The summed E-state index contributed by atoms with van der Waals surface area (Å²) in [6.07, 6.45) is 0.291. The van der Waals surface area contributed by atoms with E-state index < -0.39 is 0 Å². The average Bonchev–Trinajstić information content (AvgIpc) is 2.67. The highest BCUT2D eigenvalue weighted by Gasteiger charge is 2.15. The van der Waals surface area contributed by atoms with Crippen LogP contribution in [0.25, 0.3) is 0 Å². The summed E-state index contributed by atoms with van der Waals surface area (Å²) in [6, 6.07) is 8.38. The van der Waals surface area contributed by atoms with Crippen molar-refractivity contribution in [2.75, 3.05) is 6.61 Å². The molecule has 21 heavy (non-hydrogen) atoms. The van der Waals surface area contributed by atoms with E-state index in [2.05, 4.69) is 36.3 Å². The Morgan fingerprint density at radius 3 is 2.71 bits per heavy atom. The molecule has 0 saturated carbocycles. The van der Waals surface area contributed by atoms with Crippen LogP contribution in [0, 0.1) is 20.8 Å². The van der Waals surface area contributed by atoms with Gasteiger partial charge in [0.25, 0.3) is 0 Å². The normalized spacial score (nSPS) is 10.7. The van der Waals surface area contributed by atoms with Gasteiger partial charge in [-0.05, 0) is 33.3 Å². The van der Waals surface area contributed by atoms with Crippen molar-refractivity contribution in [3.8, 4) is 0 Å². The topological polar surface area (TPSA) is 44.1 Å². The number of rotatable bonds is 5. The highest BCUT2D eigenvalue weighted by molar-refractivity contribution is 5.73. The van der Waals surface area contributed by atoms with Crippen LogP contribution in [0.3, 0.4) is 0 Å². The second kappa shape index (κ2) is 6.57. The molecular formula is C17H22N2O2. The molecule has 0 atom stereocenters. The fourth-order valence-electron chi connectivity index (χ4n) is 2.48. The summed E-state index contributed by atoms with van der Waals surface area (Å²) in [5.74, 6) is -0.196. The largest absolute Gasteiger partial charge is 0.466 e. The van der Waals surface area contributed by atoms with E-state index in [0.717, 1.165) is 23.5 Å². The fraction of sp³-hybridized carbons (Fsp3) is 0.412. The van der Waals surface area contributed by atoms with Gasteiger partial charge < -0.3 is 4.74 Å². The Balaban J connectivity index is 2.20. The van der Waals surface area contributed by atoms with Gasteiger partial charge in [-0.15, -0.1) is 0 Å². The third-order valence-corrected chi connectivity index (χ3v) is 3.57. The zero-order chi connectivity index (χ0) is 15.4. The molecule has 4 heteroatoms. The standard InChI is InChI=1S/C17H22N2O2/c1-5-21-17(20)10-16-13(3)18-19(14(16)4)11-15-8-6-7-12(2)9-15/h6-9H,5,10-11H2,1-4H3. The highest BCUT2D eigenvalue weighted by Crippen LogP contribution is 2.16. The summed E-state index contributed by atoms with van der Waals surface area (Å²) >= 11 is 0. The molecule has 0 aliphatic carbocycles. The van der Waals surface area contributed by atoms with Crippen LogP contribution in [0.1, 0.15) is 35.0 Å². The van der Waals surface area contributed by atoms with E-state index in [1.165, 1.54) is 11.1 Å². The van der Waals surface area contributed by atoms with Crippen LogP contribution in [0.4, 0.5) is 0 Å². The van der Waals surface area contributed by atoms with Gasteiger partial charge in [-0.25, -0.2) is 0 Å². The van der Waals surface area contributed by atoms with E-state index >= 15 is 0 Å². The van der Waals surface area contributed by atoms with Crippen molar-refractivity contribution < 1.29 is 9.53 Å². The second-order valence-corrected chi connectivity index (χ2v) is 5.28. The lowest BCUT2D eigenvalue weighted by Gasteiger charge is -2.07. The van der Waals surface area contributed by atoms with E-state index in [1.54, 1.807) is 0 Å². The molecule has 0 aliphatic rings. The molecule has 112 valence electrons. The fourth-order valence-corrected chi connectivity index (χ4v) is 2.48. The van der Waals surface area contributed by atoms with Gasteiger partial charge >= 0.3 is 5.97 Å². The van der Waals surface area contributed by atoms with Crippen LogP contribution in [0.15, 0.2) is 24.3 Å². The number of carbonyl (C=O) groups excluding carboxylic acids is 1. The Labute approximate surface area is 125 Å². The Bertz CT molecular complexity index is 644. The molecule has 0 amide bonds. The maximum atomic E-state index is 11.7. The van der Waals surface area contributed by atoms with Crippen molar-refractivity contribution in [3.63, 3.8) is 0 Å². The number of carbonyl (C=O) groups is 1. The SMILES string of the molecule is CCOC(=O)Cc1c(C)nn(Cc2cccc(C)c2)c1C. The second-order valence-electron chi connectivity index (χ2n) is 5.28. The Hall–Kier alpha value is -2.10. The van der Waals surface area contributed by atoms with Gasteiger partial charge in [0.05, 0.1) is 25.3 Å². The molecule has 0 radical (unpaired) electrons. The van der Waals surface area contributed by atoms with Gasteiger partial charge in [0.15, 0.2) is 0 Å². The average molecular weight is 286 g/mol. The molecule has 1 heterocycles. The minimum Gasteiger partial charge on any atom is -0.466 e. The molecule has 0 aliphatic heterocycles. The maximum Gasteiger partial charge on any atom is 0.310 e. The van der Waals surface area contributed by atoms with Crippen LogP contribution in [0.5, 0.6) is 0 Å². The molecule has 2 aromatic rings. The van der Waals surface area contributed by atoms with Crippen LogP contribution in [0.2, 0.25) is 0 Å². The Kier molecular flexibility index (Phi) is 4.78. The zero-order valence-electron chi connectivity index (χ0n) is 13.1. The molecule has 0 fully saturated rings. The number of hydrogen-bond acceptors (Lipinski definition) is 3. The summed E-state index contributed by atoms with van der Waals surface area (Å²) in [4.78, 5) is 11.7. The van der Waals surface area contributed by atoms with Crippen molar-refractivity contribution in [2.45, 2.75) is 40.7 Å². The molecule has 0 N–H and O–H groups in total. The van der Waals surface area contributed by atoms with Gasteiger partial charge in [0.1, 0.15) is 0 Å². The lowest BCUT2D eigenvalue weighted by Crippen LogP contribution is -2.09. The number of hydrogen-bond donors (Lipinski definition) is 0. The first-order valence-corrected chi connectivity index (χ1v) is 7.25. The van der Waals surface area contributed by atoms with Gasteiger partial charge in [-0.3, -0.25) is 9.48 Å². The van der Waals surface area contributed by atoms with Crippen LogP contribution in [-0.4, -0.2) is 22.4 Å². The lowest BCUT2D eigenvalue weighted by atomic mass is 10.1. The monoisotopic (exact) mass is 286 g/mol. The molecule has 1 aromatic heterocycles. The zero-order valence-corrected chi connectivity index (χ0v) is 13.1.